The van der Waals surface area contributed by atoms with Gasteiger partial charge in [0.05, 0.1) is 18.4 Å². The van der Waals surface area contributed by atoms with Crippen LogP contribution in [0.25, 0.3) is 10.2 Å². The fourth-order valence-corrected chi connectivity index (χ4v) is 2.82. The highest BCUT2D eigenvalue weighted by Crippen LogP contribution is 2.19. The molecule has 6 heteroatoms. The Hall–Kier alpha value is -1.95. The van der Waals surface area contributed by atoms with Crippen LogP contribution in [0.5, 0.6) is 0 Å². The van der Waals surface area contributed by atoms with Crippen LogP contribution in [-0.2, 0) is 13.6 Å². The summed E-state index contributed by atoms with van der Waals surface area (Å²) in [6.07, 6.45) is 5.18. The van der Waals surface area contributed by atoms with Crippen molar-refractivity contribution in [2.75, 3.05) is 0 Å². The Kier molecular flexibility index (Phi) is 2.52. The molecule has 0 aliphatic rings. The second-order valence-corrected chi connectivity index (χ2v) is 5.11. The quantitative estimate of drug-likeness (QED) is 0.702. The first-order chi connectivity index (χ1) is 8.66. The molecular weight excluding hydrogens is 248 g/mol. The Balaban J connectivity index is 2.11. The number of fused-ring (bicyclic) bond motifs is 1. The Morgan fingerprint density at radius 3 is 2.94 bits per heavy atom. The number of aromatic nitrogens is 4. The standard InChI is InChI=1S/C12H12N4OS/c1-8-6-18-11-10(8)14-7-16(12(11)17)5-9-13-3-4-15(9)2/h3-4,6-7H,5H2,1-2H3. The Labute approximate surface area is 107 Å². The molecule has 92 valence electrons. The van der Waals surface area contributed by atoms with E-state index in [9.17, 15) is 4.79 Å². The van der Waals surface area contributed by atoms with Gasteiger partial charge in [-0.3, -0.25) is 9.36 Å². The molecule has 3 aromatic heterocycles. The summed E-state index contributed by atoms with van der Waals surface area (Å²) in [4.78, 5) is 20.8. The third kappa shape index (κ3) is 1.65. The van der Waals surface area contributed by atoms with E-state index in [4.69, 9.17) is 0 Å². The zero-order chi connectivity index (χ0) is 12.7. The van der Waals surface area contributed by atoms with Crippen molar-refractivity contribution in [1.29, 1.82) is 0 Å². The van der Waals surface area contributed by atoms with Gasteiger partial charge in [0.25, 0.3) is 5.56 Å². The van der Waals surface area contributed by atoms with E-state index in [1.54, 1.807) is 17.1 Å². The van der Waals surface area contributed by atoms with Gasteiger partial charge in [-0.15, -0.1) is 11.3 Å². The molecule has 0 bridgehead atoms. The van der Waals surface area contributed by atoms with Gasteiger partial charge in [0.15, 0.2) is 0 Å². The van der Waals surface area contributed by atoms with E-state index in [2.05, 4.69) is 9.97 Å². The van der Waals surface area contributed by atoms with E-state index in [-0.39, 0.29) is 5.56 Å². The maximum absolute atomic E-state index is 12.3. The Bertz CT molecular complexity index is 768. The summed E-state index contributed by atoms with van der Waals surface area (Å²) in [6, 6.07) is 0. The van der Waals surface area contributed by atoms with Crippen LogP contribution in [-0.4, -0.2) is 19.1 Å². The van der Waals surface area contributed by atoms with Crippen molar-refractivity contribution in [3.05, 3.63) is 45.8 Å². The lowest BCUT2D eigenvalue weighted by Crippen LogP contribution is -2.21. The first-order valence-corrected chi connectivity index (χ1v) is 6.44. The fourth-order valence-electron chi connectivity index (χ4n) is 1.87. The monoisotopic (exact) mass is 260 g/mol. The maximum atomic E-state index is 12.3. The van der Waals surface area contributed by atoms with E-state index >= 15 is 0 Å². The normalized spacial score (nSPS) is 11.2. The molecule has 3 aromatic rings. The summed E-state index contributed by atoms with van der Waals surface area (Å²) in [6.45, 7) is 2.41. The van der Waals surface area contributed by atoms with Gasteiger partial charge in [-0.1, -0.05) is 0 Å². The number of imidazole rings is 1. The number of thiophene rings is 1. The van der Waals surface area contributed by atoms with Gasteiger partial charge in [-0.05, 0) is 17.9 Å². The Morgan fingerprint density at radius 2 is 2.22 bits per heavy atom. The highest BCUT2D eigenvalue weighted by atomic mass is 32.1. The minimum atomic E-state index is 0.00102. The average Bonchev–Trinajstić information content (AvgIpc) is 2.91. The van der Waals surface area contributed by atoms with Crippen LogP contribution in [0.1, 0.15) is 11.4 Å². The van der Waals surface area contributed by atoms with Crippen molar-refractivity contribution in [3.8, 4) is 0 Å². The van der Waals surface area contributed by atoms with E-state index < -0.39 is 0 Å². The van der Waals surface area contributed by atoms with Crippen molar-refractivity contribution < 1.29 is 0 Å². The number of aryl methyl sites for hydroxylation is 2. The van der Waals surface area contributed by atoms with E-state index in [0.29, 0.717) is 11.2 Å². The van der Waals surface area contributed by atoms with Gasteiger partial charge < -0.3 is 4.57 Å². The van der Waals surface area contributed by atoms with Crippen molar-refractivity contribution in [2.45, 2.75) is 13.5 Å². The minimum Gasteiger partial charge on any atom is -0.337 e. The molecule has 0 aromatic carbocycles. The number of rotatable bonds is 2. The van der Waals surface area contributed by atoms with Gasteiger partial charge in [0.1, 0.15) is 10.5 Å². The molecule has 0 N–H and O–H groups in total. The van der Waals surface area contributed by atoms with E-state index in [1.807, 2.05) is 30.1 Å². The molecule has 5 nitrogen and oxygen atoms in total. The van der Waals surface area contributed by atoms with Crippen LogP contribution in [0.3, 0.4) is 0 Å². The van der Waals surface area contributed by atoms with Gasteiger partial charge in [-0.2, -0.15) is 0 Å². The van der Waals surface area contributed by atoms with Gasteiger partial charge in [-0.25, -0.2) is 9.97 Å². The molecule has 3 heterocycles. The van der Waals surface area contributed by atoms with Gasteiger partial charge in [0, 0.05) is 19.4 Å². The van der Waals surface area contributed by atoms with E-state index in [0.717, 1.165) is 16.9 Å². The molecule has 3 rings (SSSR count). The van der Waals surface area contributed by atoms with Crippen LogP contribution < -0.4 is 5.56 Å². The van der Waals surface area contributed by atoms with Gasteiger partial charge >= 0.3 is 0 Å². The summed E-state index contributed by atoms with van der Waals surface area (Å²) in [5, 5.41) is 1.96. The zero-order valence-electron chi connectivity index (χ0n) is 10.1. The summed E-state index contributed by atoms with van der Waals surface area (Å²) in [5.41, 5.74) is 1.86. The molecule has 0 fully saturated rings. The summed E-state index contributed by atoms with van der Waals surface area (Å²) in [5.74, 6) is 0.839. The summed E-state index contributed by atoms with van der Waals surface area (Å²) < 4.78 is 4.21. The molecule has 0 atom stereocenters. The average molecular weight is 260 g/mol. The van der Waals surface area contributed by atoms with E-state index in [1.165, 1.54) is 11.3 Å². The van der Waals surface area contributed by atoms with Crippen molar-refractivity contribution in [1.82, 2.24) is 19.1 Å². The van der Waals surface area contributed by atoms with Crippen LogP contribution in [0.2, 0.25) is 0 Å². The van der Waals surface area contributed by atoms with Crippen molar-refractivity contribution in [2.24, 2.45) is 7.05 Å². The van der Waals surface area contributed by atoms with Crippen LogP contribution in [0.4, 0.5) is 0 Å². The highest BCUT2D eigenvalue weighted by molar-refractivity contribution is 7.17. The molecule has 18 heavy (non-hydrogen) atoms. The predicted octanol–water partition coefficient (Wildman–Crippen LogP) is 1.55. The summed E-state index contributed by atoms with van der Waals surface area (Å²) >= 11 is 1.45. The number of hydrogen-bond donors (Lipinski definition) is 0. The molecule has 0 radical (unpaired) electrons. The summed E-state index contributed by atoms with van der Waals surface area (Å²) in [7, 11) is 1.91. The molecular formula is C12H12N4OS. The molecule has 0 unspecified atom stereocenters. The molecule has 0 saturated heterocycles. The maximum Gasteiger partial charge on any atom is 0.271 e. The van der Waals surface area contributed by atoms with Gasteiger partial charge in [0.2, 0.25) is 0 Å². The molecule has 0 saturated carbocycles. The van der Waals surface area contributed by atoms with Crippen LogP contribution in [0.15, 0.2) is 28.9 Å². The SMILES string of the molecule is Cc1csc2c(=O)n(Cc3nccn3C)cnc12. The second-order valence-electron chi connectivity index (χ2n) is 4.23. The Morgan fingerprint density at radius 1 is 1.39 bits per heavy atom. The van der Waals surface area contributed by atoms with Crippen molar-refractivity contribution in [3.63, 3.8) is 0 Å². The number of nitrogens with zero attached hydrogens (tertiary/aromatic N) is 4. The van der Waals surface area contributed by atoms with Crippen molar-refractivity contribution >= 4 is 21.6 Å². The number of hydrogen-bond acceptors (Lipinski definition) is 4. The fraction of sp³-hybridized carbons (Fsp3) is 0.250. The smallest absolute Gasteiger partial charge is 0.271 e. The molecule has 0 amide bonds. The van der Waals surface area contributed by atoms with Crippen LogP contribution in [0, 0.1) is 6.92 Å². The third-order valence-corrected chi connectivity index (χ3v) is 4.03. The topological polar surface area (TPSA) is 52.7 Å². The minimum absolute atomic E-state index is 0.00102. The second kappa shape index (κ2) is 4.06. The predicted molar refractivity (Wildman–Crippen MR) is 70.9 cm³/mol. The molecule has 0 aliphatic carbocycles. The first kappa shape index (κ1) is 11.2. The lowest BCUT2D eigenvalue weighted by Gasteiger charge is -2.05. The largest absolute Gasteiger partial charge is 0.337 e. The molecule has 0 aliphatic heterocycles. The lowest BCUT2D eigenvalue weighted by atomic mass is 10.3. The zero-order valence-corrected chi connectivity index (χ0v) is 10.9. The lowest BCUT2D eigenvalue weighted by molar-refractivity contribution is 0.673. The third-order valence-electron chi connectivity index (χ3n) is 2.96. The highest BCUT2D eigenvalue weighted by Gasteiger charge is 2.09. The first-order valence-electron chi connectivity index (χ1n) is 5.56. The molecule has 0 spiro atoms. The van der Waals surface area contributed by atoms with Crippen LogP contribution >= 0.6 is 11.3 Å².